The molecule has 22 heavy (non-hydrogen) atoms. The molecule has 0 aliphatic heterocycles. The van der Waals surface area contributed by atoms with Crippen LogP contribution in [-0.4, -0.2) is 33.9 Å². The maximum Gasteiger partial charge on any atom is 0.339 e. The van der Waals surface area contributed by atoms with Crippen molar-refractivity contribution in [3.8, 4) is 5.75 Å². The number of hydrogen-bond acceptors (Lipinski definition) is 4. The molecule has 0 aliphatic rings. The van der Waals surface area contributed by atoms with Crippen molar-refractivity contribution in [3.63, 3.8) is 0 Å². The fourth-order valence-electron chi connectivity index (χ4n) is 1.98. The van der Waals surface area contributed by atoms with E-state index in [2.05, 4.69) is 10.4 Å². The first-order valence-electron chi connectivity index (χ1n) is 6.80. The van der Waals surface area contributed by atoms with Gasteiger partial charge in [0.25, 0.3) is 5.91 Å². The Hall–Kier alpha value is -2.83. The van der Waals surface area contributed by atoms with Crippen LogP contribution in [-0.2, 0) is 6.54 Å². The van der Waals surface area contributed by atoms with Crippen LogP contribution >= 0.6 is 0 Å². The number of carbonyl (C=O) groups is 2. The van der Waals surface area contributed by atoms with Gasteiger partial charge in [0.1, 0.15) is 11.3 Å². The van der Waals surface area contributed by atoms with Crippen molar-refractivity contribution >= 4 is 17.6 Å². The summed E-state index contributed by atoms with van der Waals surface area (Å²) in [5.41, 5.74) is 0.932. The topological polar surface area (TPSA) is 93.5 Å². The zero-order valence-electron chi connectivity index (χ0n) is 12.4. The minimum atomic E-state index is -1.09. The lowest BCUT2D eigenvalue weighted by atomic mass is 10.1. The summed E-state index contributed by atoms with van der Waals surface area (Å²) in [6, 6.07) is 4.37. The largest absolute Gasteiger partial charge is 0.496 e. The summed E-state index contributed by atoms with van der Waals surface area (Å²) in [5, 5.41) is 15.8. The van der Waals surface area contributed by atoms with Crippen LogP contribution in [0, 0.1) is 0 Å². The van der Waals surface area contributed by atoms with E-state index in [0.29, 0.717) is 11.3 Å². The summed E-state index contributed by atoms with van der Waals surface area (Å²) in [6.07, 6.45) is 4.09. The number of carboxylic acids is 1. The number of ether oxygens (including phenoxy) is 1. The number of aromatic carboxylic acids is 1. The van der Waals surface area contributed by atoms with Crippen molar-refractivity contribution < 1.29 is 19.4 Å². The molecule has 2 N–H and O–H groups in total. The summed E-state index contributed by atoms with van der Waals surface area (Å²) in [4.78, 5) is 23.2. The highest BCUT2D eigenvalue weighted by Gasteiger charge is 2.13. The third kappa shape index (κ3) is 3.43. The molecule has 0 bridgehead atoms. The van der Waals surface area contributed by atoms with Gasteiger partial charge in [-0.1, -0.05) is 6.92 Å². The number of carbonyl (C=O) groups excluding carboxylic acids is 1. The number of nitrogens with zero attached hydrogens (tertiary/aromatic N) is 2. The van der Waals surface area contributed by atoms with Crippen molar-refractivity contribution in [1.82, 2.24) is 9.78 Å². The number of amides is 1. The van der Waals surface area contributed by atoms with Crippen molar-refractivity contribution in [2.45, 2.75) is 19.9 Å². The van der Waals surface area contributed by atoms with Crippen LogP contribution in [0.2, 0.25) is 0 Å². The Kier molecular flexibility index (Phi) is 4.77. The average Bonchev–Trinajstić information content (AvgIpc) is 2.96. The number of methoxy groups -OCH3 is 1. The van der Waals surface area contributed by atoms with Gasteiger partial charge in [-0.3, -0.25) is 9.48 Å². The van der Waals surface area contributed by atoms with Gasteiger partial charge in [0.2, 0.25) is 0 Å². The number of benzene rings is 1. The monoisotopic (exact) mass is 303 g/mol. The molecule has 116 valence electrons. The Morgan fingerprint density at radius 1 is 1.41 bits per heavy atom. The van der Waals surface area contributed by atoms with E-state index in [4.69, 9.17) is 9.84 Å². The predicted molar refractivity (Wildman–Crippen MR) is 80.4 cm³/mol. The molecule has 2 aromatic rings. The van der Waals surface area contributed by atoms with E-state index < -0.39 is 5.97 Å². The Balaban J connectivity index is 2.15. The fourth-order valence-corrected chi connectivity index (χ4v) is 1.98. The van der Waals surface area contributed by atoms with Crippen LogP contribution in [0.1, 0.15) is 34.1 Å². The number of aryl methyl sites for hydroxylation is 1. The molecule has 0 fully saturated rings. The van der Waals surface area contributed by atoms with Gasteiger partial charge in [-0.15, -0.1) is 0 Å². The van der Waals surface area contributed by atoms with E-state index in [1.807, 2.05) is 6.92 Å². The molecule has 7 nitrogen and oxygen atoms in total. The Morgan fingerprint density at radius 2 is 2.18 bits per heavy atom. The van der Waals surface area contributed by atoms with Crippen molar-refractivity contribution in [2.24, 2.45) is 0 Å². The average molecular weight is 303 g/mol. The highest BCUT2D eigenvalue weighted by atomic mass is 16.5. The first kappa shape index (κ1) is 15.6. The second kappa shape index (κ2) is 6.75. The summed E-state index contributed by atoms with van der Waals surface area (Å²) in [7, 11) is 1.38. The second-order valence-corrected chi connectivity index (χ2v) is 4.67. The number of hydrogen-bond donors (Lipinski definition) is 2. The van der Waals surface area contributed by atoms with Crippen LogP contribution in [0.4, 0.5) is 5.69 Å². The Bertz CT molecular complexity index is 694. The third-order valence-electron chi connectivity index (χ3n) is 3.04. The van der Waals surface area contributed by atoms with E-state index in [9.17, 15) is 9.59 Å². The van der Waals surface area contributed by atoms with Gasteiger partial charge in [-0.2, -0.15) is 5.10 Å². The van der Waals surface area contributed by atoms with Crippen molar-refractivity contribution in [1.29, 1.82) is 0 Å². The zero-order chi connectivity index (χ0) is 16.1. The van der Waals surface area contributed by atoms with Crippen LogP contribution < -0.4 is 10.1 Å². The lowest BCUT2D eigenvalue weighted by Gasteiger charge is -2.08. The van der Waals surface area contributed by atoms with Crippen LogP contribution in [0.3, 0.4) is 0 Å². The maximum atomic E-state index is 12.1. The van der Waals surface area contributed by atoms with E-state index in [-0.39, 0.29) is 17.2 Å². The number of rotatable bonds is 6. The Morgan fingerprint density at radius 3 is 2.82 bits per heavy atom. The molecule has 1 amide bonds. The van der Waals surface area contributed by atoms with Gasteiger partial charge in [-0.25, -0.2) is 4.79 Å². The number of anilines is 1. The molecule has 7 heteroatoms. The number of carboxylic acid groups (broad SMARTS) is 1. The molecule has 0 radical (unpaired) electrons. The summed E-state index contributed by atoms with van der Waals surface area (Å²) >= 11 is 0. The molecule has 1 heterocycles. The molecule has 0 saturated heterocycles. The highest BCUT2D eigenvalue weighted by Crippen LogP contribution is 2.23. The van der Waals surface area contributed by atoms with Gasteiger partial charge < -0.3 is 15.2 Å². The van der Waals surface area contributed by atoms with Crippen LogP contribution in [0.15, 0.2) is 30.6 Å². The molecular weight excluding hydrogens is 286 g/mol. The summed E-state index contributed by atoms with van der Waals surface area (Å²) in [6.45, 7) is 2.77. The lowest BCUT2D eigenvalue weighted by molar-refractivity contribution is 0.0693. The molecule has 2 rings (SSSR count). The van der Waals surface area contributed by atoms with E-state index >= 15 is 0 Å². The molecule has 0 aliphatic carbocycles. The van der Waals surface area contributed by atoms with Crippen LogP contribution in [0.25, 0.3) is 0 Å². The normalized spacial score (nSPS) is 10.3. The molecule has 0 unspecified atom stereocenters. The standard InChI is InChI=1S/C15H17N3O4/c1-3-6-18-9-10(8-16-18)14(19)17-11-4-5-12(15(20)21)13(7-11)22-2/h4-5,7-9H,3,6H2,1-2H3,(H,17,19)(H,20,21). The van der Waals surface area contributed by atoms with Gasteiger partial charge in [0.15, 0.2) is 0 Å². The van der Waals surface area contributed by atoms with Crippen LogP contribution in [0.5, 0.6) is 5.75 Å². The smallest absolute Gasteiger partial charge is 0.339 e. The third-order valence-corrected chi connectivity index (χ3v) is 3.04. The molecule has 0 atom stereocenters. The van der Waals surface area contributed by atoms with E-state index in [1.54, 1.807) is 10.9 Å². The van der Waals surface area contributed by atoms with Gasteiger partial charge in [-0.05, 0) is 18.6 Å². The molecule has 1 aromatic heterocycles. The minimum absolute atomic E-state index is 0.0382. The first-order valence-corrected chi connectivity index (χ1v) is 6.80. The first-order chi connectivity index (χ1) is 10.5. The van der Waals surface area contributed by atoms with Gasteiger partial charge in [0, 0.05) is 24.5 Å². The van der Waals surface area contributed by atoms with Gasteiger partial charge >= 0.3 is 5.97 Å². The van der Waals surface area contributed by atoms with E-state index in [1.165, 1.54) is 31.5 Å². The number of nitrogens with one attached hydrogen (secondary N) is 1. The molecule has 0 spiro atoms. The number of aromatic nitrogens is 2. The summed E-state index contributed by atoms with van der Waals surface area (Å²) in [5.74, 6) is -1.21. The Labute approximate surface area is 127 Å². The van der Waals surface area contributed by atoms with E-state index in [0.717, 1.165) is 13.0 Å². The lowest BCUT2D eigenvalue weighted by Crippen LogP contribution is -2.12. The second-order valence-electron chi connectivity index (χ2n) is 4.67. The summed E-state index contributed by atoms with van der Waals surface area (Å²) < 4.78 is 6.72. The van der Waals surface area contributed by atoms with Crippen molar-refractivity contribution in [3.05, 3.63) is 41.7 Å². The predicted octanol–water partition coefficient (Wildman–Crippen LogP) is 2.25. The molecule has 1 aromatic carbocycles. The zero-order valence-corrected chi connectivity index (χ0v) is 12.4. The molecular formula is C15H17N3O4. The highest BCUT2D eigenvalue weighted by molar-refractivity contribution is 6.04. The van der Waals surface area contributed by atoms with Crippen molar-refractivity contribution in [2.75, 3.05) is 12.4 Å². The quantitative estimate of drug-likeness (QED) is 0.853. The van der Waals surface area contributed by atoms with Gasteiger partial charge in [0.05, 0.1) is 18.9 Å². The minimum Gasteiger partial charge on any atom is -0.496 e. The molecule has 0 saturated carbocycles. The fraction of sp³-hybridized carbons (Fsp3) is 0.267. The SMILES string of the molecule is CCCn1cc(C(=O)Nc2ccc(C(=O)O)c(OC)c2)cn1. The maximum absolute atomic E-state index is 12.1.